The molecule has 1 amide bonds. The molecule has 1 heterocycles. The van der Waals surface area contributed by atoms with Crippen LogP contribution in [0.1, 0.15) is 19.4 Å². The molecule has 0 bridgehead atoms. The van der Waals surface area contributed by atoms with Crippen LogP contribution in [0.25, 0.3) is 0 Å². The Kier molecular flexibility index (Phi) is 5.66. The van der Waals surface area contributed by atoms with Crippen molar-refractivity contribution < 1.29 is 14.3 Å². The molecule has 1 aromatic rings. The van der Waals surface area contributed by atoms with E-state index in [-0.39, 0.29) is 23.7 Å². The van der Waals surface area contributed by atoms with E-state index in [1.165, 1.54) is 17.3 Å². The van der Waals surface area contributed by atoms with Crippen LogP contribution in [0.15, 0.2) is 41.3 Å². The average Bonchev–Trinajstić information content (AvgIpc) is 2.93. The molecule has 0 radical (unpaired) electrons. The number of carbonyl (C=O) groups excluding carboxylic acids is 2. The third-order valence-corrected chi connectivity index (χ3v) is 4.74. The van der Waals surface area contributed by atoms with E-state index in [2.05, 4.69) is 6.58 Å². The summed E-state index contributed by atoms with van der Waals surface area (Å²) in [6, 6.07) is 7.95. The summed E-state index contributed by atoms with van der Waals surface area (Å²) < 4.78 is 5.20. The summed E-state index contributed by atoms with van der Waals surface area (Å²) in [4.78, 5) is 26.9. The number of fused-ring (bicyclic) bond motifs is 1. The second-order valence-electron chi connectivity index (χ2n) is 5.39. The van der Waals surface area contributed by atoms with Crippen molar-refractivity contribution in [1.82, 2.24) is 4.90 Å². The summed E-state index contributed by atoms with van der Waals surface area (Å²) in [6.45, 7) is 8.44. The van der Waals surface area contributed by atoms with Crippen LogP contribution in [0, 0.1) is 0 Å². The van der Waals surface area contributed by atoms with Crippen LogP contribution in [0.2, 0.25) is 0 Å². The van der Waals surface area contributed by atoms with Gasteiger partial charge in [-0.15, -0.1) is 11.8 Å². The molecule has 0 fully saturated rings. The topological polar surface area (TPSA) is 46.6 Å². The minimum absolute atomic E-state index is 0.181. The Bertz CT molecular complexity index is 560. The molecule has 0 spiro atoms. The van der Waals surface area contributed by atoms with E-state index >= 15 is 0 Å². The van der Waals surface area contributed by atoms with Crippen molar-refractivity contribution in [3.8, 4) is 0 Å². The molecule has 4 nitrogen and oxygen atoms in total. The number of hydrogen-bond acceptors (Lipinski definition) is 4. The number of rotatable bonds is 6. The summed E-state index contributed by atoms with van der Waals surface area (Å²) in [5, 5.41) is -0.249. The Labute approximate surface area is 135 Å². The molecule has 1 atom stereocenters. The Morgan fingerprint density at radius 1 is 1.41 bits per heavy atom. The van der Waals surface area contributed by atoms with Gasteiger partial charge in [0.25, 0.3) is 5.91 Å². The number of nitrogens with zero attached hydrogens (tertiary/aromatic N) is 1. The highest BCUT2D eigenvalue weighted by molar-refractivity contribution is 8.01. The summed E-state index contributed by atoms with van der Waals surface area (Å²) in [5.74, 6) is -0.500. The quantitative estimate of drug-likeness (QED) is 0.597. The molecule has 1 aliphatic heterocycles. The molecule has 2 rings (SSSR count). The van der Waals surface area contributed by atoms with Gasteiger partial charge in [0, 0.05) is 18.0 Å². The number of likely N-dealkylation sites (N-methyl/N-ethyl adjacent to an activating group) is 1. The van der Waals surface area contributed by atoms with E-state index in [9.17, 15) is 9.59 Å². The predicted molar refractivity (Wildman–Crippen MR) is 87.8 cm³/mol. The first kappa shape index (κ1) is 16.6. The maximum atomic E-state index is 12.1. The smallest absolute Gasteiger partial charge is 0.320 e. The molecule has 1 unspecified atom stereocenters. The lowest BCUT2D eigenvalue weighted by Gasteiger charge is -2.21. The number of esters is 1. The number of ether oxygens (including phenoxy) is 1. The standard InChI is InChI=1S/C17H21NO3S/c1-4-18(10-12(2)3)16(19)11-21-17(20)15-9-13-7-5-6-8-14(13)22-15/h5-8,15H,2,4,9-11H2,1,3H3. The van der Waals surface area contributed by atoms with Crippen LogP contribution >= 0.6 is 11.8 Å². The minimum atomic E-state index is -0.319. The van der Waals surface area contributed by atoms with Crippen molar-refractivity contribution in [1.29, 1.82) is 0 Å². The van der Waals surface area contributed by atoms with Crippen LogP contribution in [0.3, 0.4) is 0 Å². The molecule has 0 N–H and O–H groups in total. The Morgan fingerprint density at radius 2 is 2.14 bits per heavy atom. The van der Waals surface area contributed by atoms with Crippen molar-refractivity contribution in [2.45, 2.75) is 30.4 Å². The van der Waals surface area contributed by atoms with E-state index in [1.807, 2.05) is 38.1 Å². The van der Waals surface area contributed by atoms with E-state index in [4.69, 9.17) is 4.74 Å². The van der Waals surface area contributed by atoms with Gasteiger partial charge in [0.15, 0.2) is 6.61 Å². The second-order valence-corrected chi connectivity index (χ2v) is 6.64. The van der Waals surface area contributed by atoms with Crippen molar-refractivity contribution >= 4 is 23.6 Å². The van der Waals surface area contributed by atoms with Gasteiger partial charge in [-0.25, -0.2) is 0 Å². The minimum Gasteiger partial charge on any atom is -0.455 e. The fourth-order valence-corrected chi connectivity index (χ4v) is 3.53. The van der Waals surface area contributed by atoms with Crippen molar-refractivity contribution in [3.63, 3.8) is 0 Å². The van der Waals surface area contributed by atoms with Gasteiger partial charge in [0.1, 0.15) is 5.25 Å². The fraction of sp³-hybridized carbons (Fsp3) is 0.412. The van der Waals surface area contributed by atoms with Crippen molar-refractivity contribution in [2.24, 2.45) is 0 Å². The molecule has 0 saturated heterocycles. The first-order chi connectivity index (χ1) is 10.5. The number of carbonyl (C=O) groups is 2. The van der Waals surface area contributed by atoms with E-state index in [0.717, 1.165) is 10.5 Å². The lowest BCUT2D eigenvalue weighted by Crippen LogP contribution is -2.36. The van der Waals surface area contributed by atoms with Gasteiger partial charge in [-0.2, -0.15) is 0 Å². The number of hydrogen-bond donors (Lipinski definition) is 0. The molecule has 118 valence electrons. The van der Waals surface area contributed by atoms with Crippen LogP contribution in [-0.2, 0) is 20.7 Å². The van der Waals surface area contributed by atoms with Crippen LogP contribution in [-0.4, -0.2) is 41.7 Å². The molecule has 0 aromatic heterocycles. The first-order valence-corrected chi connectivity index (χ1v) is 8.22. The van der Waals surface area contributed by atoms with Gasteiger partial charge in [-0.05, 0) is 31.9 Å². The Morgan fingerprint density at radius 3 is 2.77 bits per heavy atom. The zero-order chi connectivity index (χ0) is 16.1. The largest absolute Gasteiger partial charge is 0.455 e. The molecular formula is C17H21NO3S. The Hall–Kier alpha value is -1.75. The monoisotopic (exact) mass is 319 g/mol. The lowest BCUT2D eigenvalue weighted by molar-refractivity contribution is -0.151. The number of benzene rings is 1. The molecule has 22 heavy (non-hydrogen) atoms. The Balaban J connectivity index is 1.84. The highest BCUT2D eigenvalue weighted by atomic mass is 32.2. The van der Waals surface area contributed by atoms with Crippen LogP contribution in [0.5, 0.6) is 0 Å². The van der Waals surface area contributed by atoms with E-state index < -0.39 is 0 Å². The summed E-state index contributed by atoms with van der Waals surface area (Å²) in [7, 11) is 0. The molecule has 1 aliphatic rings. The van der Waals surface area contributed by atoms with Gasteiger partial charge in [0.05, 0.1) is 0 Å². The molecular weight excluding hydrogens is 298 g/mol. The third-order valence-electron chi connectivity index (χ3n) is 3.44. The first-order valence-electron chi connectivity index (χ1n) is 7.34. The fourth-order valence-electron chi connectivity index (χ4n) is 2.33. The number of thioether (sulfide) groups is 1. The maximum Gasteiger partial charge on any atom is 0.320 e. The zero-order valence-corrected chi connectivity index (χ0v) is 13.8. The normalized spacial score (nSPS) is 16.0. The number of amides is 1. The molecule has 0 aliphatic carbocycles. The van der Waals surface area contributed by atoms with Gasteiger partial charge in [0.2, 0.25) is 0 Å². The van der Waals surface area contributed by atoms with Crippen molar-refractivity contribution in [2.75, 3.05) is 19.7 Å². The summed E-state index contributed by atoms with van der Waals surface area (Å²) in [5.41, 5.74) is 2.07. The van der Waals surface area contributed by atoms with Gasteiger partial charge >= 0.3 is 5.97 Å². The molecule has 1 aromatic carbocycles. The van der Waals surface area contributed by atoms with Gasteiger partial charge in [-0.3, -0.25) is 9.59 Å². The van der Waals surface area contributed by atoms with E-state index in [0.29, 0.717) is 19.5 Å². The molecule has 0 saturated carbocycles. The average molecular weight is 319 g/mol. The van der Waals surface area contributed by atoms with Gasteiger partial charge < -0.3 is 9.64 Å². The maximum absolute atomic E-state index is 12.1. The highest BCUT2D eigenvalue weighted by Gasteiger charge is 2.29. The van der Waals surface area contributed by atoms with Crippen molar-refractivity contribution in [3.05, 3.63) is 42.0 Å². The zero-order valence-electron chi connectivity index (χ0n) is 13.0. The second kappa shape index (κ2) is 7.49. The molecule has 5 heteroatoms. The van der Waals surface area contributed by atoms with E-state index in [1.54, 1.807) is 4.90 Å². The van der Waals surface area contributed by atoms with Gasteiger partial charge in [-0.1, -0.05) is 30.4 Å². The lowest BCUT2D eigenvalue weighted by atomic mass is 10.1. The SMILES string of the molecule is C=C(C)CN(CC)C(=O)COC(=O)C1Cc2ccccc2S1. The van der Waals surface area contributed by atoms with Crippen LogP contribution < -0.4 is 0 Å². The van der Waals surface area contributed by atoms with Crippen LogP contribution in [0.4, 0.5) is 0 Å². The summed E-state index contributed by atoms with van der Waals surface area (Å²) >= 11 is 1.51. The highest BCUT2D eigenvalue weighted by Crippen LogP contribution is 2.37. The third kappa shape index (κ3) is 4.13. The predicted octanol–water partition coefficient (Wildman–Crippen LogP) is 2.67. The summed E-state index contributed by atoms with van der Waals surface area (Å²) in [6.07, 6.45) is 0.664.